The zero-order valence-corrected chi connectivity index (χ0v) is 13.3. The standard InChI is InChI=1S/C16H19F3N2O3/c1-10(2)8-12-9-15(24,16(17,18)19)21(20-12)14(23)13(22)11-6-4-3-5-7-11/h3-7,10,13,22,24H,8-9H2,1-2H3/t13-,15-/m1/s1. The van der Waals surface area contributed by atoms with E-state index in [2.05, 4.69) is 5.10 Å². The van der Waals surface area contributed by atoms with E-state index in [1.54, 1.807) is 32.0 Å². The zero-order valence-electron chi connectivity index (χ0n) is 13.3. The van der Waals surface area contributed by atoms with E-state index in [4.69, 9.17) is 0 Å². The van der Waals surface area contributed by atoms with Crippen molar-refractivity contribution in [2.24, 2.45) is 11.0 Å². The van der Waals surface area contributed by atoms with Crippen molar-refractivity contribution in [3.63, 3.8) is 0 Å². The van der Waals surface area contributed by atoms with Gasteiger partial charge in [-0.05, 0) is 17.9 Å². The van der Waals surface area contributed by atoms with Crippen LogP contribution in [0.3, 0.4) is 0 Å². The monoisotopic (exact) mass is 344 g/mol. The summed E-state index contributed by atoms with van der Waals surface area (Å²) in [7, 11) is 0. The summed E-state index contributed by atoms with van der Waals surface area (Å²) in [6.07, 6.45) is -7.55. The molecule has 1 aliphatic rings. The molecule has 132 valence electrons. The van der Waals surface area contributed by atoms with Gasteiger partial charge in [0.15, 0.2) is 6.10 Å². The van der Waals surface area contributed by atoms with Gasteiger partial charge in [-0.15, -0.1) is 0 Å². The SMILES string of the molecule is CC(C)CC1=NN(C(=O)[C@H](O)c2ccccc2)[C@](O)(C(F)(F)F)C1. The van der Waals surface area contributed by atoms with Gasteiger partial charge in [0, 0.05) is 12.1 Å². The third-order valence-corrected chi connectivity index (χ3v) is 3.70. The first kappa shape index (κ1) is 18.4. The van der Waals surface area contributed by atoms with Gasteiger partial charge in [-0.3, -0.25) is 4.79 Å². The van der Waals surface area contributed by atoms with Crippen LogP contribution in [0.15, 0.2) is 35.4 Å². The molecule has 2 N–H and O–H groups in total. The van der Waals surface area contributed by atoms with E-state index in [0.717, 1.165) is 0 Å². The Kier molecular flexibility index (Phi) is 5.00. The molecule has 0 saturated carbocycles. The maximum atomic E-state index is 13.3. The van der Waals surface area contributed by atoms with Crippen LogP contribution in [0, 0.1) is 5.92 Å². The van der Waals surface area contributed by atoms with Crippen LogP contribution >= 0.6 is 0 Å². The molecule has 0 unspecified atom stereocenters. The number of hydrogen-bond acceptors (Lipinski definition) is 4. The number of alkyl halides is 3. The van der Waals surface area contributed by atoms with Gasteiger partial charge in [-0.2, -0.15) is 23.3 Å². The number of hydrazone groups is 1. The minimum Gasteiger partial charge on any atom is -0.378 e. The molecule has 24 heavy (non-hydrogen) atoms. The topological polar surface area (TPSA) is 73.1 Å². The van der Waals surface area contributed by atoms with Gasteiger partial charge in [-0.25, -0.2) is 0 Å². The van der Waals surface area contributed by atoms with Gasteiger partial charge in [0.2, 0.25) is 0 Å². The molecular formula is C16H19F3N2O3. The van der Waals surface area contributed by atoms with Gasteiger partial charge in [-0.1, -0.05) is 44.2 Å². The molecular weight excluding hydrogens is 325 g/mol. The number of amides is 1. The number of aliphatic hydroxyl groups is 2. The van der Waals surface area contributed by atoms with E-state index in [9.17, 15) is 28.2 Å². The van der Waals surface area contributed by atoms with E-state index in [1.807, 2.05) is 0 Å². The fourth-order valence-corrected chi connectivity index (χ4v) is 2.55. The van der Waals surface area contributed by atoms with Crippen LogP contribution in [0.4, 0.5) is 13.2 Å². The summed E-state index contributed by atoms with van der Waals surface area (Å²) in [5.41, 5.74) is -3.25. The number of rotatable bonds is 4. The molecule has 5 nitrogen and oxygen atoms in total. The van der Waals surface area contributed by atoms with Crippen LogP contribution in [-0.4, -0.2) is 38.7 Å². The predicted octanol–water partition coefficient (Wildman–Crippen LogP) is 2.61. The van der Waals surface area contributed by atoms with E-state index >= 15 is 0 Å². The first-order valence-electron chi connectivity index (χ1n) is 7.49. The van der Waals surface area contributed by atoms with Crippen LogP contribution < -0.4 is 0 Å². The number of halogens is 3. The summed E-state index contributed by atoms with van der Waals surface area (Å²) < 4.78 is 40.0. The highest BCUT2D eigenvalue weighted by atomic mass is 19.4. The minimum absolute atomic E-state index is 0.00957. The average molecular weight is 344 g/mol. The molecule has 2 rings (SSSR count). The Morgan fingerprint density at radius 1 is 1.33 bits per heavy atom. The van der Waals surface area contributed by atoms with Crippen molar-refractivity contribution in [2.75, 3.05) is 0 Å². The second-order valence-corrected chi connectivity index (χ2v) is 6.22. The van der Waals surface area contributed by atoms with E-state index < -0.39 is 30.3 Å². The molecule has 0 radical (unpaired) electrons. The fourth-order valence-electron chi connectivity index (χ4n) is 2.55. The third-order valence-electron chi connectivity index (χ3n) is 3.70. The quantitative estimate of drug-likeness (QED) is 0.882. The number of carbonyl (C=O) groups is 1. The number of aliphatic hydroxyl groups excluding tert-OH is 1. The lowest BCUT2D eigenvalue weighted by molar-refractivity contribution is -0.303. The number of hydrogen-bond donors (Lipinski definition) is 2. The summed E-state index contributed by atoms with van der Waals surface area (Å²) >= 11 is 0. The first-order valence-corrected chi connectivity index (χ1v) is 7.49. The summed E-state index contributed by atoms with van der Waals surface area (Å²) in [6.45, 7) is 3.58. The molecule has 1 aliphatic heterocycles. The first-order chi connectivity index (χ1) is 11.1. The Morgan fingerprint density at radius 3 is 2.42 bits per heavy atom. The van der Waals surface area contributed by atoms with Crippen LogP contribution in [0.2, 0.25) is 0 Å². The molecule has 8 heteroatoms. The predicted molar refractivity (Wildman–Crippen MR) is 80.8 cm³/mol. The highest BCUT2D eigenvalue weighted by Crippen LogP contribution is 2.42. The Balaban J connectivity index is 2.35. The second kappa shape index (κ2) is 6.52. The van der Waals surface area contributed by atoms with Crippen molar-refractivity contribution in [3.05, 3.63) is 35.9 Å². The van der Waals surface area contributed by atoms with Crippen molar-refractivity contribution >= 4 is 11.6 Å². The lowest BCUT2D eigenvalue weighted by Crippen LogP contribution is -2.57. The van der Waals surface area contributed by atoms with Crippen LogP contribution in [0.5, 0.6) is 0 Å². The zero-order chi connectivity index (χ0) is 18.1. The van der Waals surface area contributed by atoms with Crippen molar-refractivity contribution < 1.29 is 28.2 Å². The molecule has 1 amide bonds. The summed E-state index contributed by atoms with van der Waals surface area (Å²) in [5.74, 6) is -1.31. The highest BCUT2D eigenvalue weighted by molar-refractivity contribution is 5.92. The number of carbonyl (C=O) groups excluding carboxylic acids is 1. The largest absolute Gasteiger partial charge is 0.438 e. The molecule has 1 aromatic carbocycles. The lowest BCUT2D eigenvalue weighted by Gasteiger charge is -2.33. The molecule has 0 aromatic heterocycles. The molecule has 1 heterocycles. The van der Waals surface area contributed by atoms with Gasteiger partial charge in [0.1, 0.15) is 0 Å². The maximum absolute atomic E-state index is 13.3. The minimum atomic E-state index is -5.10. The molecule has 0 fully saturated rings. The second-order valence-electron chi connectivity index (χ2n) is 6.22. The highest BCUT2D eigenvalue weighted by Gasteiger charge is 2.63. The molecule has 2 atom stereocenters. The van der Waals surface area contributed by atoms with E-state index in [0.29, 0.717) is 0 Å². The molecule has 0 aliphatic carbocycles. The smallest absolute Gasteiger partial charge is 0.378 e. The van der Waals surface area contributed by atoms with Gasteiger partial charge in [0.05, 0.1) is 0 Å². The molecule has 0 bridgehead atoms. The van der Waals surface area contributed by atoms with Crippen molar-refractivity contribution in [1.82, 2.24) is 5.01 Å². The average Bonchev–Trinajstić information content (AvgIpc) is 2.83. The number of nitrogens with zero attached hydrogens (tertiary/aromatic N) is 2. The third kappa shape index (κ3) is 3.44. The van der Waals surface area contributed by atoms with Crippen LogP contribution in [0.1, 0.15) is 38.4 Å². The van der Waals surface area contributed by atoms with Crippen molar-refractivity contribution in [2.45, 2.75) is 44.7 Å². The van der Waals surface area contributed by atoms with Gasteiger partial charge in [0.25, 0.3) is 11.6 Å². The van der Waals surface area contributed by atoms with Crippen LogP contribution in [-0.2, 0) is 4.79 Å². The molecule has 0 saturated heterocycles. The maximum Gasteiger partial charge on any atom is 0.438 e. The molecule has 0 spiro atoms. The van der Waals surface area contributed by atoms with Gasteiger partial charge < -0.3 is 10.2 Å². The summed E-state index contributed by atoms with van der Waals surface area (Å²) in [4.78, 5) is 12.3. The number of benzene rings is 1. The fraction of sp³-hybridized carbons (Fsp3) is 0.500. The Morgan fingerprint density at radius 2 is 1.92 bits per heavy atom. The van der Waals surface area contributed by atoms with Crippen molar-refractivity contribution in [3.8, 4) is 0 Å². The van der Waals surface area contributed by atoms with E-state index in [1.165, 1.54) is 12.1 Å². The Labute approximate surface area is 137 Å². The molecule has 1 aromatic rings. The lowest BCUT2D eigenvalue weighted by atomic mass is 9.99. The van der Waals surface area contributed by atoms with E-state index in [-0.39, 0.29) is 28.6 Å². The van der Waals surface area contributed by atoms with Gasteiger partial charge >= 0.3 is 6.18 Å². The normalized spacial score (nSPS) is 22.7. The Bertz CT molecular complexity index is 631. The van der Waals surface area contributed by atoms with Crippen LogP contribution in [0.25, 0.3) is 0 Å². The van der Waals surface area contributed by atoms with Crippen molar-refractivity contribution in [1.29, 1.82) is 0 Å². The summed E-state index contributed by atoms with van der Waals surface area (Å²) in [5, 5.41) is 23.8. The Hall–Kier alpha value is -1.93. The summed E-state index contributed by atoms with van der Waals surface area (Å²) in [6, 6.07) is 7.54.